The molecule has 2 rings (SSSR count). The first-order valence-electron chi connectivity index (χ1n) is 13.2. The van der Waals surface area contributed by atoms with Crippen LogP contribution in [0, 0.1) is 17.8 Å². The minimum atomic E-state index is -2.47. The van der Waals surface area contributed by atoms with Crippen LogP contribution in [-0.4, -0.2) is 42.1 Å². The van der Waals surface area contributed by atoms with Crippen molar-refractivity contribution in [3.8, 4) is 11.8 Å². The molecule has 4 nitrogen and oxygen atoms in total. The summed E-state index contributed by atoms with van der Waals surface area (Å²) in [5.74, 6) is 3.17. The van der Waals surface area contributed by atoms with E-state index < -0.39 is 72.9 Å². The Morgan fingerprint density at radius 3 is 2.54 bits per heavy atom. The summed E-state index contributed by atoms with van der Waals surface area (Å²) in [5.41, 5.74) is -2.98. The maximum absolute atomic E-state index is 13.2. The van der Waals surface area contributed by atoms with Gasteiger partial charge in [0, 0.05) is 11.4 Å². The molecule has 1 aliphatic carbocycles. The number of carbonyl (C=O) groups excluding carboxylic acids is 1. The van der Waals surface area contributed by atoms with Crippen LogP contribution in [-0.2, 0) is 15.1 Å². The molecule has 1 aromatic rings. The van der Waals surface area contributed by atoms with Gasteiger partial charge in [-0.3, -0.25) is 4.90 Å². The van der Waals surface area contributed by atoms with Gasteiger partial charge in [-0.1, -0.05) is 75.2 Å². The summed E-state index contributed by atoms with van der Waals surface area (Å²) in [6.07, 6.45) is 3.11. The zero-order chi connectivity index (χ0) is 26.8. The Balaban J connectivity index is 2.35. The Morgan fingerprint density at radius 2 is 1.92 bits per heavy atom. The topological polar surface area (TPSA) is 49.8 Å². The molecule has 1 saturated carbocycles. The fourth-order valence-corrected chi connectivity index (χ4v) is 3.10. The summed E-state index contributed by atoms with van der Waals surface area (Å²) in [6, 6.07) is -3.29. The summed E-state index contributed by atoms with van der Waals surface area (Å²) in [5, 5.41) is 11.6. The molecule has 0 saturated heterocycles. The predicted octanol–water partition coefficient (Wildman–Crippen LogP) is 3.34. The average Bonchev–Trinajstić information content (AvgIpc) is 2.77. The summed E-state index contributed by atoms with van der Waals surface area (Å²) < 4.78 is 76.4. The van der Waals surface area contributed by atoms with Crippen molar-refractivity contribution in [2.75, 3.05) is 26.1 Å². The largest absolute Gasteiger partial charge is 0.450 e. The lowest BCUT2D eigenvalue weighted by Gasteiger charge is -2.36. The molecular weight excluding hydrogens is 326 g/mol. The van der Waals surface area contributed by atoms with Crippen LogP contribution in [0.1, 0.15) is 63.9 Å². The van der Waals surface area contributed by atoms with Crippen LogP contribution in [0.4, 0.5) is 0 Å². The Kier molecular flexibility index (Phi) is 4.42. The molecule has 26 heavy (non-hydrogen) atoms. The second kappa shape index (κ2) is 10.4. The van der Waals surface area contributed by atoms with E-state index in [2.05, 4.69) is 11.8 Å². The Hall–Kier alpha value is -1.83. The van der Waals surface area contributed by atoms with E-state index in [-0.39, 0.29) is 6.54 Å². The Labute approximate surface area is 170 Å². The maximum Gasteiger partial charge on any atom is 0.344 e. The lowest BCUT2D eigenvalue weighted by atomic mass is 9.73. The summed E-state index contributed by atoms with van der Waals surface area (Å²) in [6.45, 7) is -2.40. The SMILES string of the molecule is [2H]c1c([2H])c([2H])c(C(O)(C(=O)OCC#CCN(C([2H])([2H])C)C([2H])([2H])C)C2CCCCC2)c([2H])c1[2H]. The summed E-state index contributed by atoms with van der Waals surface area (Å²) in [4.78, 5) is 14.1. The van der Waals surface area contributed by atoms with Crippen LogP contribution >= 0.6 is 0 Å². The molecule has 1 atom stereocenters. The van der Waals surface area contributed by atoms with E-state index in [1.807, 2.05) is 0 Å². The number of carbonyl (C=O) groups is 1. The van der Waals surface area contributed by atoms with Crippen molar-refractivity contribution >= 4 is 5.97 Å². The van der Waals surface area contributed by atoms with Crippen molar-refractivity contribution in [3.05, 3.63) is 35.8 Å². The van der Waals surface area contributed by atoms with E-state index in [4.69, 9.17) is 17.1 Å². The number of hydrogen-bond donors (Lipinski definition) is 1. The van der Waals surface area contributed by atoms with Crippen LogP contribution < -0.4 is 0 Å². The van der Waals surface area contributed by atoms with Crippen molar-refractivity contribution in [1.29, 1.82) is 0 Å². The summed E-state index contributed by atoms with van der Waals surface area (Å²) in [7, 11) is 0. The lowest BCUT2D eigenvalue weighted by Crippen LogP contribution is -2.45. The first-order chi connectivity index (χ1) is 16.0. The molecule has 1 unspecified atom stereocenters. The molecule has 4 heteroatoms. The lowest BCUT2D eigenvalue weighted by molar-refractivity contribution is -0.174. The molecule has 1 fully saturated rings. The molecule has 1 aliphatic rings. The second-order valence-electron chi connectivity index (χ2n) is 6.06. The highest BCUT2D eigenvalue weighted by Crippen LogP contribution is 2.40. The van der Waals surface area contributed by atoms with Gasteiger partial charge in [-0.2, -0.15) is 0 Å². The maximum atomic E-state index is 13.2. The van der Waals surface area contributed by atoms with Gasteiger partial charge in [-0.15, -0.1) is 0 Å². The number of esters is 1. The van der Waals surface area contributed by atoms with Gasteiger partial charge in [-0.05, 0) is 31.4 Å². The number of benzene rings is 1. The van der Waals surface area contributed by atoms with Gasteiger partial charge in [0.15, 0.2) is 12.2 Å². The van der Waals surface area contributed by atoms with E-state index >= 15 is 0 Å². The van der Waals surface area contributed by atoms with Crippen LogP contribution in [0.2, 0.25) is 0 Å². The first kappa shape index (κ1) is 11.1. The molecule has 1 N–H and O–H groups in total. The van der Waals surface area contributed by atoms with E-state index in [0.717, 1.165) is 11.3 Å². The number of aliphatic hydroxyl groups is 1. The van der Waals surface area contributed by atoms with Crippen molar-refractivity contribution < 1.29 is 27.0 Å². The van der Waals surface area contributed by atoms with Gasteiger partial charge in [0.2, 0.25) is 0 Å². The molecule has 0 radical (unpaired) electrons. The molecule has 0 spiro atoms. The first-order valence-corrected chi connectivity index (χ1v) is 8.75. The zero-order valence-corrected chi connectivity index (χ0v) is 15.2. The molecule has 0 aromatic heterocycles. The standard InChI is InChI=1S/C22H31NO3/c1-3-23(4-2)17-11-12-18-26-21(24)22(25,19-13-7-5-8-14-19)20-15-9-6-10-16-20/h5,7-8,13-14,20,25H,3-4,6,9-10,15-18H2,1-2H3/i3D2,4D2,5D,7D,8D,13D,14D. The normalized spacial score (nSPS) is 23.3. The van der Waals surface area contributed by atoms with Gasteiger partial charge in [0.05, 0.1) is 13.4 Å². The number of rotatable bonds is 7. The fraction of sp³-hybridized carbons (Fsp3) is 0.591. The number of hydrogen-bond acceptors (Lipinski definition) is 4. The van der Waals surface area contributed by atoms with Crippen LogP contribution in [0.5, 0.6) is 0 Å². The molecule has 1 aromatic carbocycles. The minimum absolute atomic E-state index is 0.291. The Morgan fingerprint density at radius 1 is 1.27 bits per heavy atom. The zero-order valence-electron chi connectivity index (χ0n) is 24.2. The van der Waals surface area contributed by atoms with Gasteiger partial charge in [-0.25, -0.2) is 4.79 Å². The fourth-order valence-electron chi connectivity index (χ4n) is 3.10. The van der Waals surface area contributed by atoms with E-state index in [0.29, 0.717) is 25.7 Å². The highest BCUT2D eigenvalue weighted by molar-refractivity contribution is 5.81. The molecule has 0 bridgehead atoms. The smallest absolute Gasteiger partial charge is 0.344 e. The Bertz CT molecular complexity index is 962. The van der Waals surface area contributed by atoms with Crippen LogP contribution in [0.15, 0.2) is 30.2 Å². The van der Waals surface area contributed by atoms with E-state index in [9.17, 15) is 9.90 Å². The number of ether oxygens (including phenoxy) is 1. The highest BCUT2D eigenvalue weighted by atomic mass is 16.5. The van der Waals surface area contributed by atoms with Crippen molar-refractivity contribution in [2.24, 2.45) is 5.92 Å². The van der Waals surface area contributed by atoms with Crippen molar-refractivity contribution in [3.63, 3.8) is 0 Å². The van der Waals surface area contributed by atoms with Gasteiger partial charge >= 0.3 is 5.97 Å². The van der Waals surface area contributed by atoms with Crippen molar-refractivity contribution in [1.82, 2.24) is 4.90 Å². The molecule has 0 amide bonds. The predicted molar refractivity (Wildman–Crippen MR) is 103 cm³/mol. The van der Waals surface area contributed by atoms with Gasteiger partial charge in [0.1, 0.15) is 0 Å². The highest BCUT2D eigenvalue weighted by Gasteiger charge is 2.46. The molecule has 0 aliphatic heterocycles. The van der Waals surface area contributed by atoms with Gasteiger partial charge < -0.3 is 9.84 Å². The van der Waals surface area contributed by atoms with Gasteiger partial charge in [0.25, 0.3) is 0 Å². The van der Waals surface area contributed by atoms with E-state index in [1.165, 1.54) is 13.8 Å². The third-order valence-electron chi connectivity index (χ3n) is 4.57. The van der Waals surface area contributed by atoms with Crippen molar-refractivity contribution in [2.45, 2.75) is 51.6 Å². The third-order valence-corrected chi connectivity index (χ3v) is 4.57. The molecule has 142 valence electrons. The third kappa shape index (κ3) is 5.09. The monoisotopic (exact) mass is 366 g/mol. The molecule has 0 heterocycles. The minimum Gasteiger partial charge on any atom is -0.450 e. The average molecular weight is 367 g/mol. The van der Waals surface area contributed by atoms with Crippen LogP contribution in [0.3, 0.4) is 0 Å². The summed E-state index contributed by atoms with van der Waals surface area (Å²) >= 11 is 0. The van der Waals surface area contributed by atoms with E-state index in [1.54, 1.807) is 0 Å². The quantitative estimate of drug-likeness (QED) is 0.594. The number of nitrogens with zero attached hydrogens (tertiary/aromatic N) is 1. The second-order valence-corrected chi connectivity index (χ2v) is 6.06. The van der Waals surface area contributed by atoms with Crippen LogP contribution in [0.25, 0.3) is 0 Å². The molecular formula is C22H31NO3.